The lowest BCUT2D eigenvalue weighted by atomic mass is 10.0. The Morgan fingerprint density at radius 3 is 1.39 bits per heavy atom. The lowest BCUT2D eigenvalue weighted by Crippen LogP contribution is -1.82. The zero-order valence-electron chi connectivity index (χ0n) is 12.4. The van der Waals surface area contributed by atoms with Crippen LogP contribution in [0.4, 0.5) is 0 Å². The fourth-order valence-corrected chi connectivity index (χ4v) is 2.70. The Kier molecular flexibility index (Phi) is 17.9. The van der Waals surface area contributed by atoms with E-state index in [0.29, 0.717) is 0 Å². The average Bonchev–Trinajstić information content (AvgIpc) is 2.39. The van der Waals surface area contributed by atoms with E-state index in [0.717, 1.165) is 0 Å². The van der Waals surface area contributed by atoms with Crippen molar-refractivity contribution in [1.82, 2.24) is 0 Å². The molecule has 108 valence electrons. The maximum Gasteiger partial charge on any atom is -0.0274 e. The molecule has 0 aliphatic carbocycles. The van der Waals surface area contributed by atoms with Crippen molar-refractivity contribution in [3.05, 3.63) is 10.2 Å². The van der Waals surface area contributed by atoms with E-state index in [4.69, 9.17) is 0 Å². The highest BCUT2D eigenvalue weighted by Crippen LogP contribution is 2.13. The molecule has 18 heavy (non-hydrogen) atoms. The van der Waals surface area contributed by atoms with Crippen molar-refractivity contribution in [2.24, 2.45) is 0 Å². The summed E-state index contributed by atoms with van der Waals surface area (Å²) in [5.74, 6) is 0. The van der Waals surface area contributed by atoms with Crippen molar-refractivity contribution in [2.75, 3.05) is 0 Å². The molecule has 0 nitrogen and oxygen atoms in total. The van der Waals surface area contributed by atoms with Gasteiger partial charge < -0.3 is 0 Å². The molecule has 0 unspecified atom stereocenters. The van der Waals surface area contributed by atoms with Crippen molar-refractivity contribution in [2.45, 2.75) is 96.8 Å². The zero-order valence-corrected chi connectivity index (χ0v) is 14.6. The van der Waals surface area contributed by atoms with Gasteiger partial charge in [0.25, 0.3) is 0 Å². The number of hydrogen-bond donors (Lipinski definition) is 0. The number of allylic oxidation sites excluding steroid dienone is 1. The molecule has 0 bridgehead atoms. The van der Waals surface area contributed by atoms with E-state index < -0.39 is 0 Å². The molecule has 0 aliphatic rings. The molecular weight excluding hydrogens is 331 g/mol. The minimum Gasteiger partial charge on any atom is -0.0785 e. The summed E-state index contributed by atoms with van der Waals surface area (Å²) in [5.41, 5.74) is 0. The van der Waals surface area contributed by atoms with Gasteiger partial charge in [0, 0.05) is 0 Å². The molecular formula is C17H33I. The van der Waals surface area contributed by atoms with E-state index in [-0.39, 0.29) is 0 Å². The normalized spacial score (nSPS) is 11.4. The Hall–Kier alpha value is 0.470. The van der Waals surface area contributed by atoms with Crippen LogP contribution in [0.2, 0.25) is 0 Å². The number of unbranched alkanes of at least 4 members (excludes halogenated alkanes) is 13. The Balaban J connectivity index is 2.90. The summed E-state index contributed by atoms with van der Waals surface area (Å²) < 4.78 is 2.14. The van der Waals surface area contributed by atoms with Crippen LogP contribution in [0.3, 0.4) is 0 Å². The van der Waals surface area contributed by atoms with Gasteiger partial charge in [-0.25, -0.2) is 0 Å². The fourth-order valence-electron chi connectivity index (χ4n) is 2.34. The predicted octanol–water partition coefficient (Wildman–Crippen LogP) is 7.42. The number of rotatable bonds is 14. The maximum absolute atomic E-state index is 2.30. The van der Waals surface area contributed by atoms with Crippen molar-refractivity contribution in [1.29, 1.82) is 0 Å². The monoisotopic (exact) mass is 364 g/mol. The van der Waals surface area contributed by atoms with E-state index >= 15 is 0 Å². The Labute approximate surface area is 129 Å². The smallest absolute Gasteiger partial charge is 0.0274 e. The van der Waals surface area contributed by atoms with Crippen LogP contribution in [-0.2, 0) is 0 Å². The Morgan fingerprint density at radius 2 is 1.00 bits per heavy atom. The van der Waals surface area contributed by atoms with Crippen molar-refractivity contribution < 1.29 is 0 Å². The molecule has 0 heterocycles. The third-order valence-electron chi connectivity index (χ3n) is 3.56. The first-order valence-corrected chi connectivity index (χ1v) is 9.41. The van der Waals surface area contributed by atoms with Crippen molar-refractivity contribution in [3.63, 3.8) is 0 Å². The first-order valence-electron chi connectivity index (χ1n) is 8.17. The summed E-state index contributed by atoms with van der Waals surface area (Å²) >= 11 is 2.30. The Bertz CT molecular complexity index is 163. The molecule has 0 rings (SSSR count). The predicted molar refractivity (Wildman–Crippen MR) is 93.5 cm³/mol. The lowest BCUT2D eigenvalue weighted by molar-refractivity contribution is 0.540. The average molecular weight is 364 g/mol. The molecule has 0 amide bonds. The second-order valence-corrected chi connectivity index (χ2v) is 6.11. The van der Waals surface area contributed by atoms with Gasteiger partial charge in [0.15, 0.2) is 0 Å². The fraction of sp³-hybridized carbons (Fsp3) is 0.882. The van der Waals surface area contributed by atoms with E-state index in [1.54, 1.807) is 0 Å². The van der Waals surface area contributed by atoms with Gasteiger partial charge in [-0.3, -0.25) is 0 Å². The van der Waals surface area contributed by atoms with Crippen LogP contribution >= 0.6 is 22.6 Å². The molecule has 0 fully saturated rings. The molecule has 0 aromatic rings. The SMILES string of the molecule is CCCCCCCCCCCCCCC/C=C\I. The van der Waals surface area contributed by atoms with Crippen LogP contribution in [0, 0.1) is 0 Å². The van der Waals surface area contributed by atoms with E-state index in [1.807, 2.05) is 0 Å². The van der Waals surface area contributed by atoms with Gasteiger partial charge in [-0.15, -0.1) is 0 Å². The summed E-state index contributed by atoms with van der Waals surface area (Å²) in [6, 6.07) is 0. The maximum atomic E-state index is 2.30. The van der Waals surface area contributed by atoms with Gasteiger partial charge in [0.1, 0.15) is 0 Å². The van der Waals surface area contributed by atoms with Crippen LogP contribution in [0.15, 0.2) is 10.2 Å². The third kappa shape index (κ3) is 16.5. The summed E-state index contributed by atoms with van der Waals surface area (Å²) in [6.07, 6.45) is 22.4. The first kappa shape index (κ1) is 18.5. The molecule has 0 aromatic heterocycles. The molecule has 0 spiro atoms. The van der Waals surface area contributed by atoms with E-state index in [1.165, 1.54) is 89.9 Å². The lowest BCUT2D eigenvalue weighted by Gasteiger charge is -2.02. The second-order valence-electron chi connectivity index (χ2n) is 5.39. The molecule has 0 saturated heterocycles. The summed E-state index contributed by atoms with van der Waals surface area (Å²) in [5, 5.41) is 0. The first-order chi connectivity index (χ1) is 8.91. The summed E-state index contributed by atoms with van der Waals surface area (Å²) in [4.78, 5) is 0. The largest absolute Gasteiger partial charge is 0.0785 e. The molecule has 0 N–H and O–H groups in total. The van der Waals surface area contributed by atoms with E-state index in [9.17, 15) is 0 Å². The van der Waals surface area contributed by atoms with Gasteiger partial charge >= 0.3 is 0 Å². The van der Waals surface area contributed by atoms with Crippen LogP contribution in [0.1, 0.15) is 96.8 Å². The van der Waals surface area contributed by atoms with Crippen LogP contribution < -0.4 is 0 Å². The summed E-state index contributed by atoms with van der Waals surface area (Å²) in [7, 11) is 0. The highest BCUT2D eigenvalue weighted by atomic mass is 127. The van der Waals surface area contributed by atoms with Gasteiger partial charge in [-0.05, 0) is 16.9 Å². The highest BCUT2D eigenvalue weighted by molar-refractivity contribution is 14.1. The van der Waals surface area contributed by atoms with Crippen molar-refractivity contribution in [3.8, 4) is 0 Å². The number of hydrogen-bond acceptors (Lipinski definition) is 0. The van der Waals surface area contributed by atoms with Crippen LogP contribution in [0.25, 0.3) is 0 Å². The number of halogens is 1. The molecule has 0 radical (unpaired) electrons. The minimum atomic E-state index is 1.28. The van der Waals surface area contributed by atoms with Gasteiger partial charge in [-0.1, -0.05) is 113 Å². The molecule has 0 aliphatic heterocycles. The van der Waals surface area contributed by atoms with Crippen LogP contribution in [-0.4, -0.2) is 0 Å². The van der Waals surface area contributed by atoms with E-state index in [2.05, 4.69) is 39.7 Å². The van der Waals surface area contributed by atoms with Crippen molar-refractivity contribution >= 4 is 22.6 Å². The van der Waals surface area contributed by atoms with Gasteiger partial charge in [-0.2, -0.15) is 0 Å². The minimum absolute atomic E-state index is 1.28. The third-order valence-corrected chi connectivity index (χ3v) is 4.07. The zero-order chi connectivity index (χ0) is 13.3. The molecule has 1 heteroatoms. The topological polar surface area (TPSA) is 0 Å². The molecule has 0 aromatic carbocycles. The standard InChI is InChI=1S/C17H33I/c1-2-3-4-5-6-7-8-9-10-11-12-13-14-15-16-17-18/h16-17H,2-15H2,1H3/b17-16-. The van der Waals surface area contributed by atoms with Gasteiger partial charge in [0.05, 0.1) is 0 Å². The second kappa shape index (κ2) is 17.5. The molecule has 0 atom stereocenters. The Morgan fingerprint density at radius 1 is 0.611 bits per heavy atom. The molecule has 0 saturated carbocycles. The van der Waals surface area contributed by atoms with Gasteiger partial charge in [0.2, 0.25) is 0 Å². The quantitative estimate of drug-likeness (QED) is 0.222. The van der Waals surface area contributed by atoms with Crippen LogP contribution in [0.5, 0.6) is 0 Å². The highest BCUT2D eigenvalue weighted by Gasteiger charge is 1.93. The summed E-state index contributed by atoms with van der Waals surface area (Å²) in [6.45, 7) is 2.29.